The van der Waals surface area contributed by atoms with Gasteiger partial charge in [0.25, 0.3) is 0 Å². The number of unbranched alkanes of at least 4 members (excludes halogenated alkanes) is 1. The Hall–Kier alpha value is -0.340. The zero-order valence-electron chi connectivity index (χ0n) is 8.64. The van der Waals surface area contributed by atoms with E-state index in [0.717, 1.165) is 13.0 Å². The molecule has 0 unspecified atom stereocenters. The van der Waals surface area contributed by atoms with E-state index in [1.807, 2.05) is 6.08 Å². The number of hydrogen-bond acceptors (Lipinski definition) is 2. The summed E-state index contributed by atoms with van der Waals surface area (Å²) in [6.07, 6.45) is 4.22. The van der Waals surface area contributed by atoms with Crippen LogP contribution in [-0.4, -0.2) is 30.6 Å². The van der Waals surface area contributed by atoms with E-state index in [0.29, 0.717) is 6.54 Å². The van der Waals surface area contributed by atoms with Crippen molar-refractivity contribution in [2.75, 3.05) is 20.1 Å². The van der Waals surface area contributed by atoms with E-state index in [9.17, 15) is 0 Å². The molecule has 0 aliphatic heterocycles. The summed E-state index contributed by atoms with van der Waals surface area (Å²) in [6, 6.07) is 0. The summed E-state index contributed by atoms with van der Waals surface area (Å²) >= 11 is 0. The molecule has 0 aliphatic carbocycles. The summed E-state index contributed by atoms with van der Waals surface area (Å²) < 4.78 is 0. The largest absolute Gasteiger partial charge is 0.329 e. The van der Waals surface area contributed by atoms with Gasteiger partial charge in [0.15, 0.2) is 0 Å². The third-order valence-electron chi connectivity index (χ3n) is 2.43. The van der Waals surface area contributed by atoms with Crippen molar-refractivity contribution < 1.29 is 0 Å². The second kappa shape index (κ2) is 5.33. The van der Waals surface area contributed by atoms with E-state index in [2.05, 4.69) is 32.4 Å². The van der Waals surface area contributed by atoms with Crippen LogP contribution in [-0.2, 0) is 0 Å². The lowest BCUT2D eigenvalue weighted by Gasteiger charge is -2.34. The van der Waals surface area contributed by atoms with Gasteiger partial charge in [-0.1, -0.05) is 6.08 Å². The average molecular weight is 170 g/mol. The lowest BCUT2D eigenvalue weighted by Crippen LogP contribution is -2.47. The molecule has 2 heteroatoms. The summed E-state index contributed by atoms with van der Waals surface area (Å²) in [5, 5.41) is 0. The molecule has 12 heavy (non-hydrogen) atoms. The van der Waals surface area contributed by atoms with E-state index in [1.165, 1.54) is 6.42 Å². The molecule has 0 spiro atoms. The molecule has 0 aliphatic rings. The van der Waals surface area contributed by atoms with Gasteiger partial charge in [-0.15, -0.1) is 6.58 Å². The van der Waals surface area contributed by atoms with Gasteiger partial charge in [-0.05, 0) is 40.3 Å². The van der Waals surface area contributed by atoms with Crippen molar-refractivity contribution in [3.8, 4) is 0 Å². The first-order valence-electron chi connectivity index (χ1n) is 4.57. The molecule has 0 fully saturated rings. The fraction of sp³-hybridized carbons (Fsp3) is 0.800. The lowest BCUT2D eigenvalue weighted by molar-refractivity contribution is 0.162. The predicted molar refractivity (Wildman–Crippen MR) is 55.2 cm³/mol. The zero-order valence-corrected chi connectivity index (χ0v) is 8.64. The van der Waals surface area contributed by atoms with Crippen LogP contribution in [0.2, 0.25) is 0 Å². The van der Waals surface area contributed by atoms with Crippen molar-refractivity contribution in [2.24, 2.45) is 5.73 Å². The first-order chi connectivity index (χ1) is 5.54. The van der Waals surface area contributed by atoms with Crippen LogP contribution in [0.15, 0.2) is 12.7 Å². The third kappa shape index (κ3) is 3.88. The molecule has 0 rings (SSSR count). The monoisotopic (exact) mass is 170 g/mol. The van der Waals surface area contributed by atoms with Crippen LogP contribution in [0.5, 0.6) is 0 Å². The lowest BCUT2D eigenvalue weighted by atomic mass is 10.0. The van der Waals surface area contributed by atoms with Gasteiger partial charge in [0, 0.05) is 12.1 Å². The van der Waals surface area contributed by atoms with Gasteiger partial charge in [0.1, 0.15) is 0 Å². The number of nitrogens with two attached hydrogens (primary N) is 1. The summed E-state index contributed by atoms with van der Waals surface area (Å²) in [5.74, 6) is 0. The van der Waals surface area contributed by atoms with Gasteiger partial charge < -0.3 is 5.73 Å². The maximum Gasteiger partial charge on any atom is 0.0272 e. The maximum atomic E-state index is 5.65. The van der Waals surface area contributed by atoms with Crippen LogP contribution in [0.1, 0.15) is 26.7 Å². The average Bonchev–Trinajstić information content (AvgIpc) is 2.05. The first kappa shape index (κ1) is 11.7. The Morgan fingerprint density at radius 1 is 1.50 bits per heavy atom. The number of likely N-dealkylation sites (N-methyl/N-ethyl adjacent to an activating group) is 1. The SMILES string of the molecule is C=CCCCN(C)C(C)(C)CN. The standard InChI is InChI=1S/C10H22N2/c1-5-6-7-8-12(4)10(2,3)9-11/h5H,1,6-9,11H2,2-4H3. The second-order valence-corrected chi connectivity index (χ2v) is 3.87. The van der Waals surface area contributed by atoms with Crippen LogP contribution in [0, 0.1) is 0 Å². The Morgan fingerprint density at radius 3 is 2.50 bits per heavy atom. The molecule has 2 N–H and O–H groups in total. The minimum atomic E-state index is 0.126. The molecule has 0 atom stereocenters. The van der Waals surface area contributed by atoms with Crippen molar-refractivity contribution in [1.29, 1.82) is 0 Å². The highest BCUT2D eigenvalue weighted by Gasteiger charge is 2.20. The van der Waals surface area contributed by atoms with E-state index >= 15 is 0 Å². The highest BCUT2D eigenvalue weighted by Crippen LogP contribution is 2.10. The van der Waals surface area contributed by atoms with Crippen molar-refractivity contribution in [1.82, 2.24) is 4.90 Å². The molecular weight excluding hydrogens is 148 g/mol. The number of nitrogens with zero attached hydrogens (tertiary/aromatic N) is 1. The predicted octanol–water partition coefficient (Wildman–Crippen LogP) is 1.62. The van der Waals surface area contributed by atoms with E-state index in [-0.39, 0.29) is 5.54 Å². The molecule has 0 aromatic carbocycles. The fourth-order valence-corrected chi connectivity index (χ4v) is 0.931. The summed E-state index contributed by atoms with van der Waals surface area (Å²) in [4.78, 5) is 2.30. The van der Waals surface area contributed by atoms with Crippen LogP contribution in [0.3, 0.4) is 0 Å². The topological polar surface area (TPSA) is 29.3 Å². The van der Waals surface area contributed by atoms with Crippen molar-refractivity contribution >= 4 is 0 Å². The van der Waals surface area contributed by atoms with Crippen molar-refractivity contribution in [2.45, 2.75) is 32.2 Å². The van der Waals surface area contributed by atoms with Crippen LogP contribution < -0.4 is 5.73 Å². The molecule has 72 valence electrons. The second-order valence-electron chi connectivity index (χ2n) is 3.87. The Balaban J connectivity index is 3.70. The van der Waals surface area contributed by atoms with E-state index in [4.69, 9.17) is 5.73 Å². The molecule has 2 nitrogen and oxygen atoms in total. The highest BCUT2D eigenvalue weighted by molar-refractivity contribution is 4.80. The number of allylic oxidation sites excluding steroid dienone is 1. The molecular formula is C10H22N2. The first-order valence-corrected chi connectivity index (χ1v) is 4.57. The Kier molecular flexibility index (Phi) is 5.18. The maximum absolute atomic E-state index is 5.65. The Bertz CT molecular complexity index is 130. The molecule has 0 heterocycles. The van der Waals surface area contributed by atoms with E-state index in [1.54, 1.807) is 0 Å². The Labute approximate surface area is 76.4 Å². The molecule has 0 radical (unpaired) electrons. The number of rotatable bonds is 6. The Morgan fingerprint density at radius 2 is 2.08 bits per heavy atom. The van der Waals surface area contributed by atoms with Crippen molar-refractivity contribution in [3.63, 3.8) is 0 Å². The van der Waals surface area contributed by atoms with Gasteiger partial charge >= 0.3 is 0 Å². The summed E-state index contributed by atoms with van der Waals surface area (Å²) in [5.41, 5.74) is 5.78. The van der Waals surface area contributed by atoms with Crippen LogP contribution >= 0.6 is 0 Å². The molecule has 0 aromatic heterocycles. The van der Waals surface area contributed by atoms with Gasteiger partial charge in [-0.3, -0.25) is 4.90 Å². The fourth-order valence-electron chi connectivity index (χ4n) is 0.931. The molecule has 0 bridgehead atoms. The van der Waals surface area contributed by atoms with Gasteiger partial charge in [-0.2, -0.15) is 0 Å². The molecule has 0 saturated heterocycles. The normalized spacial score (nSPS) is 12.1. The van der Waals surface area contributed by atoms with Gasteiger partial charge in [0.2, 0.25) is 0 Å². The summed E-state index contributed by atoms with van der Waals surface area (Å²) in [7, 11) is 2.12. The van der Waals surface area contributed by atoms with Crippen LogP contribution in [0.25, 0.3) is 0 Å². The minimum absolute atomic E-state index is 0.126. The molecule has 0 aromatic rings. The van der Waals surface area contributed by atoms with Gasteiger partial charge in [0.05, 0.1) is 0 Å². The quantitative estimate of drug-likeness (QED) is 0.485. The van der Waals surface area contributed by atoms with Crippen molar-refractivity contribution in [3.05, 3.63) is 12.7 Å². The third-order valence-corrected chi connectivity index (χ3v) is 2.43. The molecule has 0 saturated carbocycles. The summed E-state index contributed by atoms with van der Waals surface area (Å²) in [6.45, 7) is 9.83. The number of hydrogen-bond donors (Lipinski definition) is 1. The minimum Gasteiger partial charge on any atom is -0.329 e. The van der Waals surface area contributed by atoms with Gasteiger partial charge in [-0.25, -0.2) is 0 Å². The zero-order chi connectivity index (χ0) is 9.61. The van der Waals surface area contributed by atoms with Crippen LogP contribution in [0.4, 0.5) is 0 Å². The molecule has 0 amide bonds. The van der Waals surface area contributed by atoms with E-state index < -0.39 is 0 Å². The smallest absolute Gasteiger partial charge is 0.0272 e. The highest BCUT2D eigenvalue weighted by atomic mass is 15.2.